The van der Waals surface area contributed by atoms with Crippen LogP contribution in [0, 0.1) is 0 Å². The number of nitrogens with zero attached hydrogens (tertiary/aromatic N) is 3. The van der Waals surface area contributed by atoms with Crippen LogP contribution in [0.4, 0.5) is 5.69 Å². The fourth-order valence-corrected chi connectivity index (χ4v) is 2.55. The van der Waals surface area contributed by atoms with Gasteiger partial charge in [-0.05, 0) is 44.2 Å². The molecule has 0 fully saturated rings. The molecule has 3 aromatic rings. The molecule has 0 saturated carbocycles. The third kappa shape index (κ3) is 4.14. The Balaban J connectivity index is 1.86. The number of benzene rings is 1. The number of amides is 1. The molecule has 1 unspecified atom stereocenters. The van der Waals surface area contributed by atoms with Crippen LogP contribution in [0.2, 0.25) is 0 Å². The fourth-order valence-electron chi connectivity index (χ4n) is 2.55. The second-order valence-electron chi connectivity index (χ2n) is 6.04. The number of hydrogen-bond donors (Lipinski definition) is 1. The Labute approximate surface area is 155 Å². The molecule has 1 aromatic carbocycles. The van der Waals surface area contributed by atoms with Gasteiger partial charge in [0.25, 0.3) is 5.56 Å². The quantitative estimate of drug-likeness (QED) is 0.704. The average Bonchev–Trinajstić information content (AvgIpc) is 2.68. The molecule has 27 heavy (non-hydrogen) atoms. The molecule has 0 radical (unpaired) electrons. The van der Waals surface area contributed by atoms with Crippen molar-refractivity contribution >= 4 is 17.4 Å². The molecule has 1 amide bonds. The summed E-state index contributed by atoms with van der Waals surface area (Å²) in [7, 11) is 0. The van der Waals surface area contributed by atoms with Crippen LogP contribution in [0.15, 0.2) is 65.7 Å². The van der Waals surface area contributed by atoms with Crippen LogP contribution in [0.3, 0.4) is 0 Å². The lowest BCUT2D eigenvalue weighted by Gasteiger charge is -2.15. The first-order chi connectivity index (χ1) is 13.0. The lowest BCUT2D eigenvalue weighted by molar-refractivity contribution is -0.119. The highest BCUT2D eigenvalue weighted by Gasteiger charge is 2.18. The van der Waals surface area contributed by atoms with E-state index in [9.17, 15) is 14.4 Å². The van der Waals surface area contributed by atoms with Gasteiger partial charge in [0, 0.05) is 35.3 Å². The molecule has 0 bridgehead atoms. The van der Waals surface area contributed by atoms with E-state index in [-0.39, 0.29) is 11.3 Å². The maximum atomic E-state index is 12.6. The van der Waals surface area contributed by atoms with Crippen molar-refractivity contribution in [1.29, 1.82) is 0 Å². The summed E-state index contributed by atoms with van der Waals surface area (Å²) in [4.78, 5) is 40.2. The minimum atomic E-state index is -0.833. The largest absolute Gasteiger partial charge is 0.324 e. The Bertz CT molecular complexity index is 1040. The third-order valence-electron chi connectivity index (χ3n) is 4.08. The molecule has 1 N–H and O–H groups in total. The van der Waals surface area contributed by atoms with E-state index in [2.05, 4.69) is 15.4 Å². The van der Waals surface area contributed by atoms with Crippen molar-refractivity contribution in [2.75, 3.05) is 5.32 Å². The monoisotopic (exact) mass is 362 g/mol. The van der Waals surface area contributed by atoms with E-state index in [0.717, 1.165) is 10.2 Å². The topological polar surface area (TPSA) is 93.9 Å². The van der Waals surface area contributed by atoms with Crippen molar-refractivity contribution < 1.29 is 9.59 Å². The van der Waals surface area contributed by atoms with Crippen molar-refractivity contribution in [3.8, 4) is 11.3 Å². The van der Waals surface area contributed by atoms with Crippen molar-refractivity contribution in [2.45, 2.75) is 19.9 Å². The first kappa shape index (κ1) is 18.2. The van der Waals surface area contributed by atoms with Gasteiger partial charge in [-0.2, -0.15) is 5.10 Å². The molecule has 2 aromatic heterocycles. The van der Waals surface area contributed by atoms with Crippen LogP contribution >= 0.6 is 0 Å². The van der Waals surface area contributed by atoms with Gasteiger partial charge in [-0.1, -0.05) is 12.1 Å². The van der Waals surface area contributed by atoms with Gasteiger partial charge in [-0.25, -0.2) is 4.68 Å². The number of anilines is 1. The van der Waals surface area contributed by atoms with Gasteiger partial charge in [-0.15, -0.1) is 0 Å². The molecule has 1 atom stereocenters. The summed E-state index contributed by atoms with van der Waals surface area (Å²) in [6.07, 6.45) is 3.26. The molecular weight excluding hydrogens is 344 g/mol. The number of pyridine rings is 1. The highest BCUT2D eigenvalue weighted by Crippen LogP contribution is 2.16. The van der Waals surface area contributed by atoms with E-state index in [1.54, 1.807) is 61.8 Å². The minimum absolute atomic E-state index is 0.0953. The predicted molar refractivity (Wildman–Crippen MR) is 102 cm³/mol. The molecular formula is C20H18N4O3. The lowest BCUT2D eigenvalue weighted by atomic mass is 10.1. The zero-order valence-electron chi connectivity index (χ0n) is 14.9. The van der Waals surface area contributed by atoms with Crippen molar-refractivity contribution in [3.05, 3.63) is 76.8 Å². The molecule has 0 aliphatic rings. The Hall–Kier alpha value is -3.61. The molecule has 0 aliphatic carbocycles. The molecule has 7 heteroatoms. The summed E-state index contributed by atoms with van der Waals surface area (Å²) in [5.74, 6) is -0.501. The van der Waals surface area contributed by atoms with E-state index in [4.69, 9.17) is 0 Å². The van der Waals surface area contributed by atoms with Crippen molar-refractivity contribution in [1.82, 2.24) is 14.8 Å². The molecule has 3 rings (SSSR count). The van der Waals surface area contributed by atoms with Crippen LogP contribution in [-0.4, -0.2) is 26.5 Å². The number of nitrogens with one attached hydrogen (secondary N) is 1. The fraction of sp³-hybridized carbons (Fsp3) is 0.150. The Morgan fingerprint density at radius 1 is 1.07 bits per heavy atom. The van der Waals surface area contributed by atoms with Crippen molar-refractivity contribution in [2.24, 2.45) is 0 Å². The second-order valence-corrected chi connectivity index (χ2v) is 6.04. The summed E-state index contributed by atoms with van der Waals surface area (Å²) in [6.45, 7) is 3.05. The average molecular weight is 362 g/mol. The first-order valence-electron chi connectivity index (χ1n) is 8.38. The highest BCUT2D eigenvalue weighted by atomic mass is 16.2. The zero-order valence-corrected chi connectivity index (χ0v) is 14.9. The highest BCUT2D eigenvalue weighted by molar-refractivity contribution is 5.97. The van der Waals surface area contributed by atoms with Gasteiger partial charge in [0.15, 0.2) is 5.78 Å². The number of rotatable bonds is 5. The van der Waals surface area contributed by atoms with Gasteiger partial charge in [0.05, 0.1) is 5.69 Å². The zero-order chi connectivity index (χ0) is 19.4. The van der Waals surface area contributed by atoms with Crippen LogP contribution in [0.25, 0.3) is 11.3 Å². The van der Waals surface area contributed by atoms with Gasteiger partial charge in [0.1, 0.15) is 6.04 Å². The summed E-state index contributed by atoms with van der Waals surface area (Å²) < 4.78 is 1.14. The van der Waals surface area contributed by atoms with Gasteiger partial charge in [0.2, 0.25) is 5.91 Å². The van der Waals surface area contributed by atoms with Crippen LogP contribution in [0.5, 0.6) is 0 Å². The number of carbonyl (C=O) groups is 2. The molecule has 2 heterocycles. The number of ketones is 1. The van der Waals surface area contributed by atoms with Gasteiger partial charge in [-0.3, -0.25) is 19.4 Å². The molecule has 136 valence electrons. The SMILES string of the molecule is CC(=O)c1cccc(NC(=O)C(C)n2nc(-c3ccncc3)ccc2=O)c1. The number of Topliss-reactive ketones (excluding diaryl/α,β-unsaturated/α-hetero) is 1. The maximum Gasteiger partial charge on any atom is 0.267 e. The van der Waals surface area contributed by atoms with Crippen LogP contribution < -0.4 is 10.9 Å². The molecule has 0 spiro atoms. The normalized spacial score (nSPS) is 11.6. The summed E-state index contributed by atoms with van der Waals surface area (Å²) in [6, 6.07) is 12.3. The third-order valence-corrected chi connectivity index (χ3v) is 4.08. The van der Waals surface area contributed by atoms with Crippen LogP contribution in [0.1, 0.15) is 30.2 Å². The smallest absolute Gasteiger partial charge is 0.267 e. The van der Waals surface area contributed by atoms with Gasteiger partial charge >= 0.3 is 0 Å². The molecule has 0 saturated heterocycles. The number of carbonyl (C=O) groups excluding carboxylic acids is 2. The van der Waals surface area contributed by atoms with E-state index in [1.165, 1.54) is 13.0 Å². The standard InChI is InChI=1S/C20H18N4O3/c1-13(20(27)22-17-5-3-4-16(12-17)14(2)25)24-19(26)7-6-18(23-24)15-8-10-21-11-9-15/h3-13H,1-2H3,(H,22,27). The first-order valence-corrected chi connectivity index (χ1v) is 8.38. The Kier molecular flexibility index (Phi) is 5.21. The summed E-state index contributed by atoms with van der Waals surface area (Å²) in [5, 5.41) is 7.03. The van der Waals surface area contributed by atoms with Gasteiger partial charge < -0.3 is 5.32 Å². The van der Waals surface area contributed by atoms with E-state index in [0.29, 0.717) is 16.9 Å². The van der Waals surface area contributed by atoms with E-state index >= 15 is 0 Å². The predicted octanol–water partition coefficient (Wildman–Crippen LogP) is 2.71. The van der Waals surface area contributed by atoms with Crippen molar-refractivity contribution in [3.63, 3.8) is 0 Å². The summed E-state index contributed by atoms with van der Waals surface area (Å²) in [5.41, 5.74) is 1.96. The Morgan fingerprint density at radius 2 is 1.81 bits per heavy atom. The second kappa shape index (κ2) is 7.74. The Morgan fingerprint density at radius 3 is 2.52 bits per heavy atom. The van der Waals surface area contributed by atoms with E-state index < -0.39 is 11.9 Å². The number of hydrogen-bond acceptors (Lipinski definition) is 5. The lowest BCUT2D eigenvalue weighted by Crippen LogP contribution is -2.33. The van der Waals surface area contributed by atoms with E-state index in [1.807, 2.05) is 0 Å². The molecule has 7 nitrogen and oxygen atoms in total. The van der Waals surface area contributed by atoms with Crippen LogP contribution in [-0.2, 0) is 4.79 Å². The maximum absolute atomic E-state index is 12.6. The molecule has 0 aliphatic heterocycles. The summed E-state index contributed by atoms with van der Waals surface area (Å²) >= 11 is 0. The number of aromatic nitrogens is 3. The minimum Gasteiger partial charge on any atom is -0.324 e.